The van der Waals surface area contributed by atoms with Crippen LogP contribution in [0.1, 0.15) is 12.6 Å². The third-order valence-corrected chi connectivity index (χ3v) is 6.34. The Morgan fingerprint density at radius 3 is 2.33 bits per heavy atom. The molecule has 0 aliphatic carbocycles. The van der Waals surface area contributed by atoms with Crippen LogP contribution < -0.4 is 20.1 Å². The molecule has 0 spiro atoms. The van der Waals surface area contributed by atoms with Crippen LogP contribution in [0.3, 0.4) is 0 Å². The van der Waals surface area contributed by atoms with Gasteiger partial charge >= 0.3 is 0 Å². The lowest BCUT2D eigenvalue weighted by atomic mass is 10.0. The van der Waals surface area contributed by atoms with Gasteiger partial charge in [-0.05, 0) is 36.8 Å². The first-order valence-electron chi connectivity index (χ1n) is 11.1. The van der Waals surface area contributed by atoms with Gasteiger partial charge in [-0.25, -0.2) is 4.98 Å². The molecule has 2 aromatic carbocycles. The Hall–Kier alpha value is -3.81. The fourth-order valence-electron chi connectivity index (χ4n) is 3.82. The summed E-state index contributed by atoms with van der Waals surface area (Å²) in [6.45, 7) is 5.52. The maximum atomic E-state index is 11.8. The number of carbonyl (C=O) groups is 1. The molecular weight excluding hydrogens is 499 g/mol. The number of hydrogen-bond acceptors (Lipinski definition) is 6. The fourth-order valence-corrected chi connectivity index (χ4v) is 4.51. The number of rotatable bonds is 8. The molecule has 0 fully saturated rings. The van der Waals surface area contributed by atoms with E-state index < -0.39 is 0 Å². The third-order valence-electron chi connectivity index (χ3n) is 5.59. The lowest BCUT2D eigenvalue weighted by Crippen LogP contribution is -2.09. The molecule has 0 atom stereocenters. The second-order valence-corrected chi connectivity index (χ2v) is 8.50. The van der Waals surface area contributed by atoms with Crippen LogP contribution in [0, 0.1) is 0 Å². The van der Waals surface area contributed by atoms with Crippen LogP contribution in [0.5, 0.6) is 11.5 Å². The molecule has 184 valence electrons. The molecule has 0 bridgehead atoms. The van der Waals surface area contributed by atoms with Crippen molar-refractivity contribution >= 4 is 57.1 Å². The number of carbonyl (C=O) groups excluding carboxylic acids is 1. The van der Waals surface area contributed by atoms with Crippen LogP contribution in [0.2, 0.25) is 10.0 Å². The first-order valence-corrected chi connectivity index (χ1v) is 11.8. The molecule has 4 rings (SSSR count). The summed E-state index contributed by atoms with van der Waals surface area (Å²) in [6.07, 6.45) is 3.64. The maximum Gasteiger partial charge on any atom is 0.247 e. The minimum absolute atomic E-state index is 0.299. The maximum absolute atomic E-state index is 11.8. The Kier molecular flexibility index (Phi) is 7.62. The minimum atomic E-state index is -0.299. The molecule has 0 aliphatic rings. The van der Waals surface area contributed by atoms with E-state index in [1.807, 2.05) is 37.3 Å². The Morgan fingerprint density at radius 2 is 1.72 bits per heavy atom. The number of nitrogens with one attached hydrogen (secondary N) is 2. The van der Waals surface area contributed by atoms with Gasteiger partial charge in [-0.2, -0.15) is 0 Å². The Bertz CT molecular complexity index is 1450. The standard InChI is InChI=1S/C27H24Cl2N4O3/c1-5-17-16-12-23(32-18-9-7-8-10-19(18)33-24(34)6-2)30-14-15(16)11-20(31-17)25-26(28)21(35-3)13-22(36-4)27(25)29/h6-14H,2,5H2,1,3-4H3,(H,30,32)(H,33,34). The second-order valence-electron chi connectivity index (χ2n) is 7.75. The van der Waals surface area contributed by atoms with E-state index in [-0.39, 0.29) is 5.91 Å². The number of pyridine rings is 2. The van der Waals surface area contributed by atoms with Gasteiger partial charge in [0.1, 0.15) is 17.3 Å². The monoisotopic (exact) mass is 522 g/mol. The van der Waals surface area contributed by atoms with Gasteiger partial charge in [0.2, 0.25) is 5.91 Å². The van der Waals surface area contributed by atoms with Gasteiger partial charge in [0, 0.05) is 34.3 Å². The van der Waals surface area contributed by atoms with Gasteiger partial charge in [0.15, 0.2) is 0 Å². The molecule has 0 aliphatic heterocycles. The molecule has 0 saturated heterocycles. The van der Waals surface area contributed by atoms with Crippen molar-refractivity contribution in [3.05, 3.63) is 77.1 Å². The smallest absolute Gasteiger partial charge is 0.247 e. The largest absolute Gasteiger partial charge is 0.495 e. The van der Waals surface area contributed by atoms with E-state index in [2.05, 4.69) is 22.2 Å². The number of ether oxygens (including phenoxy) is 2. The van der Waals surface area contributed by atoms with E-state index in [9.17, 15) is 4.79 Å². The van der Waals surface area contributed by atoms with E-state index in [0.717, 1.165) is 16.5 Å². The van der Waals surface area contributed by atoms with Gasteiger partial charge in [0.25, 0.3) is 0 Å². The highest BCUT2D eigenvalue weighted by molar-refractivity contribution is 6.41. The number of hydrogen-bond donors (Lipinski definition) is 2. The van der Waals surface area contributed by atoms with Crippen LogP contribution in [0.15, 0.2) is 61.3 Å². The lowest BCUT2D eigenvalue weighted by molar-refractivity contribution is -0.111. The predicted molar refractivity (Wildman–Crippen MR) is 146 cm³/mol. The van der Waals surface area contributed by atoms with Crippen molar-refractivity contribution in [2.75, 3.05) is 24.9 Å². The summed E-state index contributed by atoms with van der Waals surface area (Å²) in [5, 5.41) is 8.55. The first kappa shape index (κ1) is 25.3. The van der Waals surface area contributed by atoms with E-state index in [0.29, 0.717) is 56.4 Å². The highest BCUT2D eigenvalue weighted by atomic mass is 35.5. The second kappa shape index (κ2) is 10.8. The molecule has 9 heteroatoms. The first-order chi connectivity index (χ1) is 17.4. The third kappa shape index (κ3) is 4.94. The quantitative estimate of drug-likeness (QED) is 0.241. The molecule has 4 aromatic rings. The molecule has 36 heavy (non-hydrogen) atoms. The van der Waals surface area contributed by atoms with Gasteiger partial charge < -0.3 is 20.1 Å². The number of fused-ring (bicyclic) bond motifs is 1. The predicted octanol–water partition coefficient (Wildman–Crippen LogP) is 7.05. The average molecular weight is 523 g/mol. The molecule has 0 unspecified atom stereocenters. The molecule has 2 heterocycles. The normalized spacial score (nSPS) is 10.7. The van der Waals surface area contributed by atoms with E-state index in [1.54, 1.807) is 18.3 Å². The summed E-state index contributed by atoms with van der Waals surface area (Å²) < 4.78 is 10.8. The zero-order chi connectivity index (χ0) is 25.8. The number of methoxy groups -OCH3 is 2. The van der Waals surface area contributed by atoms with E-state index >= 15 is 0 Å². The van der Waals surface area contributed by atoms with E-state index in [4.69, 9.17) is 37.7 Å². The number of amides is 1. The molecule has 2 N–H and O–H groups in total. The van der Waals surface area contributed by atoms with Crippen LogP contribution in [0.25, 0.3) is 22.0 Å². The van der Waals surface area contributed by atoms with Crippen LogP contribution >= 0.6 is 23.2 Å². The summed E-state index contributed by atoms with van der Waals surface area (Å²) in [4.78, 5) is 21.3. The summed E-state index contributed by atoms with van der Waals surface area (Å²) in [6, 6.07) is 12.8. The molecular formula is C27H24Cl2N4O3. The van der Waals surface area contributed by atoms with Crippen molar-refractivity contribution in [1.29, 1.82) is 0 Å². The van der Waals surface area contributed by atoms with E-state index in [1.165, 1.54) is 20.3 Å². The summed E-state index contributed by atoms with van der Waals surface area (Å²) in [5.41, 5.74) is 3.27. The number of aryl methyl sites for hydroxylation is 1. The summed E-state index contributed by atoms with van der Waals surface area (Å²) in [7, 11) is 3.06. The fraction of sp³-hybridized carbons (Fsp3) is 0.148. The Labute approximate surface area is 219 Å². The van der Waals surface area contributed by atoms with Crippen LogP contribution in [-0.4, -0.2) is 30.1 Å². The van der Waals surface area contributed by atoms with Crippen molar-refractivity contribution in [1.82, 2.24) is 9.97 Å². The highest BCUT2D eigenvalue weighted by Crippen LogP contribution is 2.46. The molecule has 0 radical (unpaired) electrons. The number of para-hydroxylation sites is 2. The Balaban J connectivity index is 1.79. The van der Waals surface area contributed by atoms with Crippen LogP contribution in [-0.2, 0) is 11.2 Å². The number of halogens is 2. The SMILES string of the molecule is C=CC(=O)Nc1ccccc1Nc1cc2c(CC)nc(-c3c(Cl)c(OC)cc(OC)c3Cl)cc2cn1. The van der Waals surface area contributed by atoms with Crippen molar-refractivity contribution in [2.24, 2.45) is 0 Å². The Morgan fingerprint density at radius 1 is 1.06 bits per heavy atom. The topological polar surface area (TPSA) is 85.4 Å². The lowest BCUT2D eigenvalue weighted by Gasteiger charge is -2.16. The van der Waals surface area contributed by atoms with Gasteiger partial charge in [-0.3, -0.25) is 9.78 Å². The molecule has 2 aromatic heterocycles. The van der Waals surface area contributed by atoms with Crippen molar-refractivity contribution < 1.29 is 14.3 Å². The number of anilines is 3. The number of nitrogens with zero attached hydrogens (tertiary/aromatic N) is 2. The van der Waals surface area contributed by atoms with Crippen LogP contribution in [0.4, 0.5) is 17.2 Å². The zero-order valence-corrected chi connectivity index (χ0v) is 21.5. The summed E-state index contributed by atoms with van der Waals surface area (Å²) in [5.74, 6) is 1.18. The minimum Gasteiger partial charge on any atom is -0.495 e. The highest BCUT2D eigenvalue weighted by Gasteiger charge is 2.21. The zero-order valence-electron chi connectivity index (χ0n) is 20.0. The molecule has 0 saturated carbocycles. The van der Waals surface area contributed by atoms with Gasteiger partial charge in [-0.15, -0.1) is 0 Å². The molecule has 7 nitrogen and oxygen atoms in total. The average Bonchev–Trinajstić information content (AvgIpc) is 2.89. The molecule has 1 amide bonds. The van der Waals surface area contributed by atoms with Gasteiger partial charge in [-0.1, -0.05) is 48.8 Å². The van der Waals surface area contributed by atoms with Gasteiger partial charge in [0.05, 0.1) is 41.3 Å². The summed E-state index contributed by atoms with van der Waals surface area (Å²) >= 11 is 13.3. The van der Waals surface area contributed by atoms with Crippen molar-refractivity contribution in [3.63, 3.8) is 0 Å². The number of aromatic nitrogens is 2. The van der Waals surface area contributed by atoms with Crippen molar-refractivity contribution in [2.45, 2.75) is 13.3 Å². The number of benzene rings is 2. The van der Waals surface area contributed by atoms with Crippen molar-refractivity contribution in [3.8, 4) is 22.8 Å².